The fourth-order valence-electron chi connectivity index (χ4n) is 1.08. The van der Waals surface area contributed by atoms with E-state index in [4.69, 9.17) is 0 Å². The second kappa shape index (κ2) is 3.87. The summed E-state index contributed by atoms with van der Waals surface area (Å²) in [4.78, 5) is 9.22. The van der Waals surface area contributed by atoms with Crippen molar-refractivity contribution in [1.82, 2.24) is 0 Å². The number of sulfonamides is 1. The van der Waals surface area contributed by atoms with Crippen LogP contribution in [0.15, 0.2) is 23.1 Å². The molecule has 0 unspecified atom stereocenters. The maximum absolute atomic E-state index is 12.4. The lowest BCUT2D eigenvalue weighted by Gasteiger charge is -2.11. The first kappa shape index (κ1) is 12.7. The van der Waals surface area contributed by atoms with Crippen molar-refractivity contribution < 1.29 is 26.4 Å². The molecule has 1 rings (SSSR count). The van der Waals surface area contributed by atoms with E-state index in [0.717, 1.165) is 6.07 Å². The van der Waals surface area contributed by atoms with Crippen molar-refractivity contribution in [3.05, 3.63) is 29.3 Å². The van der Waals surface area contributed by atoms with E-state index < -0.39 is 26.7 Å². The highest BCUT2D eigenvalue weighted by molar-refractivity contribution is 7.89. The quantitative estimate of drug-likeness (QED) is 0.803. The summed E-state index contributed by atoms with van der Waals surface area (Å²) in [6, 6.07) is 1.96. The Hall–Kier alpha value is -1.41. The van der Waals surface area contributed by atoms with Crippen LogP contribution < -0.4 is 5.14 Å². The van der Waals surface area contributed by atoms with Crippen LogP contribution >= 0.6 is 0 Å². The molecule has 88 valence electrons. The molecule has 16 heavy (non-hydrogen) atoms. The summed E-state index contributed by atoms with van der Waals surface area (Å²) in [6.07, 6.45) is -4.61. The summed E-state index contributed by atoms with van der Waals surface area (Å²) >= 11 is 0. The lowest BCUT2D eigenvalue weighted by molar-refractivity contribution is -0.139. The second-order valence-electron chi connectivity index (χ2n) is 2.92. The zero-order chi connectivity index (χ0) is 12.6. The maximum atomic E-state index is 12.4. The Bertz CT molecular complexity index is 522. The van der Waals surface area contributed by atoms with Gasteiger partial charge in [-0.05, 0) is 12.1 Å². The van der Waals surface area contributed by atoms with Crippen molar-refractivity contribution in [1.29, 1.82) is 0 Å². The van der Waals surface area contributed by atoms with E-state index in [2.05, 4.69) is 5.14 Å². The van der Waals surface area contributed by atoms with Crippen molar-refractivity contribution in [3.63, 3.8) is 0 Å². The molecule has 2 N–H and O–H groups in total. The summed E-state index contributed by atoms with van der Waals surface area (Å²) in [5.41, 5.74) is -1.59. The molecule has 0 aromatic heterocycles. The van der Waals surface area contributed by atoms with Gasteiger partial charge in [-0.25, -0.2) is 13.6 Å². The molecule has 1 aromatic rings. The van der Waals surface area contributed by atoms with Crippen molar-refractivity contribution in [3.8, 4) is 0 Å². The summed E-state index contributed by atoms with van der Waals surface area (Å²) in [6.45, 7) is 0. The molecule has 0 aliphatic carbocycles. The minimum Gasteiger partial charge on any atom is -0.298 e. The van der Waals surface area contributed by atoms with Crippen LogP contribution in [0.4, 0.5) is 13.2 Å². The molecular formula is C8H6F3NO3S. The largest absolute Gasteiger partial charge is 0.417 e. The van der Waals surface area contributed by atoms with Crippen molar-refractivity contribution in [2.45, 2.75) is 11.1 Å². The first-order chi connectivity index (χ1) is 7.16. The highest BCUT2D eigenvalue weighted by Gasteiger charge is 2.36. The predicted octanol–water partition coefficient (Wildman–Crippen LogP) is 1.17. The highest BCUT2D eigenvalue weighted by atomic mass is 32.2. The molecule has 0 heterocycles. The molecule has 0 spiro atoms. The molecule has 0 saturated heterocycles. The van der Waals surface area contributed by atoms with E-state index in [-0.39, 0.29) is 11.8 Å². The number of rotatable bonds is 2. The van der Waals surface area contributed by atoms with Crippen LogP contribution in [0.2, 0.25) is 0 Å². The highest BCUT2D eigenvalue weighted by Crippen LogP contribution is 2.33. The molecule has 0 aliphatic rings. The zero-order valence-electron chi connectivity index (χ0n) is 7.65. The topological polar surface area (TPSA) is 77.2 Å². The molecule has 4 nitrogen and oxygen atoms in total. The van der Waals surface area contributed by atoms with Crippen LogP contribution in [0.25, 0.3) is 0 Å². The van der Waals surface area contributed by atoms with Crippen molar-refractivity contribution in [2.24, 2.45) is 5.14 Å². The normalized spacial score (nSPS) is 12.5. The molecule has 0 bridgehead atoms. The minimum absolute atomic E-state index is 0.197. The summed E-state index contributed by atoms with van der Waals surface area (Å²) in [7, 11) is -4.53. The lowest BCUT2D eigenvalue weighted by Crippen LogP contribution is -2.19. The minimum atomic E-state index is -4.84. The Morgan fingerprint density at radius 2 is 1.81 bits per heavy atom. The average Bonchev–Trinajstić information content (AvgIpc) is 2.14. The van der Waals surface area contributed by atoms with Gasteiger partial charge in [-0.2, -0.15) is 13.2 Å². The third-order valence-electron chi connectivity index (χ3n) is 1.75. The number of primary sulfonamides is 1. The molecule has 0 amide bonds. The van der Waals surface area contributed by atoms with Gasteiger partial charge < -0.3 is 0 Å². The van der Waals surface area contributed by atoms with Crippen LogP contribution in [-0.4, -0.2) is 14.7 Å². The van der Waals surface area contributed by atoms with Gasteiger partial charge in [0.15, 0.2) is 0 Å². The van der Waals surface area contributed by atoms with E-state index in [9.17, 15) is 26.4 Å². The second-order valence-corrected chi connectivity index (χ2v) is 4.45. The summed E-state index contributed by atoms with van der Waals surface area (Å²) < 4.78 is 59.1. The molecule has 8 heteroatoms. The Morgan fingerprint density at radius 1 is 1.25 bits per heavy atom. The van der Waals surface area contributed by atoms with Crippen molar-refractivity contribution >= 4 is 16.3 Å². The molecule has 0 fully saturated rings. The molecule has 1 aromatic carbocycles. The maximum Gasteiger partial charge on any atom is 0.417 e. The van der Waals surface area contributed by atoms with Gasteiger partial charge in [-0.1, -0.05) is 6.07 Å². The number of aldehydes is 1. The van der Waals surface area contributed by atoms with Gasteiger partial charge >= 0.3 is 6.18 Å². The lowest BCUT2D eigenvalue weighted by atomic mass is 10.1. The third kappa shape index (κ3) is 2.58. The van der Waals surface area contributed by atoms with E-state index >= 15 is 0 Å². The van der Waals surface area contributed by atoms with Gasteiger partial charge in [0.1, 0.15) is 6.29 Å². The smallest absolute Gasteiger partial charge is 0.298 e. The van der Waals surface area contributed by atoms with Crippen molar-refractivity contribution in [2.75, 3.05) is 0 Å². The standard InChI is InChI=1S/C8H6F3NO3S/c9-8(10,11)6-2-1-5(4-13)3-7(6)16(12,14)15/h1-4H,(H2,12,14,15). The van der Waals surface area contributed by atoms with E-state index in [1.165, 1.54) is 0 Å². The monoisotopic (exact) mass is 253 g/mol. The number of alkyl halides is 3. The van der Waals surface area contributed by atoms with Crippen LogP contribution in [0.3, 0.4) is 0 Å². The van der Waals surface area contributed by atoms with Crippen LogP contribution in [0.1, 0.15) is 15.9 Å². The number of carbonyl (C=O) groups excluding carboxylic acids is 1. The number of nitrogens with two attached hydrogens (primary N) is 1. The van der Waals surface area contributed by atoms with Gasteiger partial charge in [0.25, 0.3) is 0 Å². The van der Waals surface area contributed by atoms with E-state index in [0.29, 0.717) is 12.1 Å². The fourth-order valence-corrected chi connectivity index (χ4v) is 1.87. The number of hydrogen-bond acceptors (Lipinski definition) is 3. The average molecular weight is 253 g/mol. The Balaban J connectivity index is 3.59. The van der Waals surface area contributed by atoms with Gasteiger partial charge in [0.05, 0.1) is 10.5 Å². The van der Waals surface area contributed by atoms with Crippen LogP contribution in [0, 0.1) is 0 Å². The predicted molar refractivity (Wildman–Crippen MR) is 48.2 cm³/mol. The van der Waals surface area contributed by atoms with Gasteiger partial charge in [-0.3, -0.25) is 4.79 Å². The van der Waals surface area contributed by atoms with Gasteiger partial charge in [-0.15, -0.1) is 0 Å². The first-order valence-electron chi connectivity index (χ1n) is 3.85. The van der Waals surface area contributed by atoms with E-state index in [1.54, 1.807) is 0 Å². The molecule has 0 atom stereocenters. The SMILES string of the molecule is NS(=O)(=O)c1cc(C=O)ccc1C(F)(F)F. The summed E-state index contributed by atoms with van der Waals surface area (Å²) in [5.74, 6) is 0. The third-order valence-corrected chi connectivity index (χ3v) is 2.70. The number of benzene rings is 1. The number of halogens is 3. The number of hydrogen-bond donors (Lipinski definition) is 1. The Morgan fingerprint density at radius 3 is 2.19 bits per heavy atom. The van der Waals surface area contributed by atoms with Crippen LogP contribution in [0.5, 0.6) is 0 Å². The molecule has 0 radical (unpaired) electrons. The number of carbonyl (C=O) groups is 1. The molecule has 0 aliphatic heterocycles. The zero-order valence-corrected chi connectivity index (χ0v) is 8.47. The first-order valence-corrected chi connectivity index (χ1v) is 5.40. The fraction of sp³-hybridized carbons (Fsp3) is 0.125. The summed E-state index contributed by atoms with van der Waals surface area (Å²) in [5, 5.41) is 4.63. The molecular weight excluding hydrogens is 247 g/mol. The van der Waals surface area contributed by atoms with Gasteiger partial charge in [0.2, 0.25) is 10.0 Å². The Kier molecular flexibility index (Phi) is 3.06. The van der Waals surface area contributed by atoms with E-state index in [1.807, 2.05) is 0 Å². The van der Waals surface area contributed by atoms with Gasteiger partial charge in [0, 0.05) is 5.56 Å². The molecule has 0 saturated carbocycles. The Labute approximate surface area is 88.9 Å². The van der Waals surface area contributed by atoms with Crippen LogP contribution in [-0.2, 0) is 16.2 Å².